The third-order valence-electron chi connectivity index (χ3n) is 7.07. The summed E-state index contributed by atoms with van der Waals surface area (Å²) in [4.78, 5) is 12.8. The van der Waals surface area contributed by atoms with Gasteiger partial charge in [-0.25, -0.2) is 0 Å². The fourth-order valence-corrected chi connectivity index (χ4v) is 4.90. The van der Waals surface area contributed by atoms with Crippen molar-refractivity contribution in [1.82, 2.24) is 0 Å². The summed E-state index contributed by atoms with van der Waals surface area (Å²) in [6.07, 6.45) is 1.74. The second-order valence-electron chi connectivity index (χ2n) is 9.42. The highest BCUT2D eigenvalue weighted by molar-refractivity contribution is 5.97. The third kappa shape index (κ3) is 6.75. The normalized spacial score (nSPS) is 16.4. The highest BCUT2D eigenvalue weighted by Crippen LogP contribution is 2.35. The predicted molar refractivity (Wildman–Crippen MR) is 147 cm³/mol. The van der Waals surface area contributed by atoms with Gasteiger partial charge in [-0.15, -0.1) is 0 Å². The second-order valence-corrected chi connectivity index (χ2v) is 9.42. The molecule has 2 atom stereocenters. The number of Topliss-reactive ketones (excluding diaryl/α,β-unsaturated/α-hetero) is 1. The zero-order valence-corrected chi connectivity index (χ0v) is 23.2. The first-order chi connectivity index (χ1) is 19.0. The molecule has 0 amide bonds. The molecule has 0 saturated carbocycles. The van der Waals surface area contributed by atoms with Crippen LogP contribution in [-0.4, -0.2) is 61.2 Å². The van der Waals surface area contributed by atoms with Crippen LogP contribution in [0.15, 0.2) is 54.6 Å². The van der Waals surface area contributed by atoms with Crippen LogP contribution in [0.3, 0.4) is 0 Å². The number of ether oxygens (including phenoxy) is 7. The average Bonchev–Trinajstić information content (AvgIpc) is 3.41. The van der Waals surface area contributed by atoms with Gasteiger partial charge in [-0.05, 0) is 78.3 Å². The van der Waals surface area contributed by atoms with Gasteiger partial charge >= 0.3 is 0 Å². The molecule has 4 rings (SSSR count). The van der Waals surface area contributed by atoms with Crippen LogP contribution in [0.4, 0.5) is 0 Å². The summed E-state index contributed by atoms with van der Waals surface area (Å²) in [5.74, 6) is 4.17. The van der Waals surface area contributed by atoms with Crippen LogP contribution in [0, 0.1) is 11.8 Å². The average molecular weight is 537 g/mol. The lowest BCUT2D eigenvalue weighted by Gasteiger charge is -2.19. The standard InChI is InChI=1S/C31H36O8/c1-33-26-9-6-20(14-29(26)35-3)12-23-17-38-18-24(23)13-21-7-10-28(30(15-21)36-4)39-19-25(32)22-8-11-27(34-2)31(16-22)37-5/h6-11,14-16,23-24H,12-13,17-19H2,1-5H3/t23-,24-/m0/s1. The van der Waals surface area contributed by atoms with Crippen LogP contribution in [0.5, 0.6) is 34.5 Å². The van der Waals surface area contributed by atoms with E-state index >= 15 is 0 Å². The molecule has 208 valence electrons. The first-order valence-corrected chi connectivity index (χ1v) is 12.8. The molecule has 1 saturated heterocycles. The van der Waals surface area contributed by atoms with Gasteiger partial charge in [-0.3, -0.25) is 4.79 Å². The van der Waals surface area contributed by atoms with Crippen molar-refractivity contribution in [2.45, 2.75) is 12.8 Å². The summed E-state index contributed by atoms with van der Waals surface area (Å²) in [6, 6.07) is 16.9. The van der Waals surface area contributed by atoms with Crippen molar-refractivity contribution in [3.05, 3.63) is 71.3 Å². The Balaban J connectivity index is 1.39. The minimum atomic E-state index is -0.178. The highest BCUT2D eigenvalue weighted by Gasteiger charge is 2.29. The molecule has 0 unspecified atom stereocenters. The Morgan fingerprint density at radius 3 is 1.64 bits per heavy atom. The molecule has 1 aliphatic heterocycles. The first kappa shape index (κ1) is 28.1. The Hall–Kier alpha value is -3.91. The zero-order chi connectivity index (χ0) is 27.8. The van der Waals surface area contributed by atoms with E-state index in [1.54, 1.807) is 46.6 Å². The van der Waals surface area contributed by atoms with Crippen LogP contribution < -0.4 is 28.4 Å². The molecular formula is C31H36O8. The van der Waals surface area contributed by atoms with E-state index in [0.29, 0.717) is 47.0 Å². The van der Waals surface area contributed by atoms with E-state index in [4.69, 9.17) is 33.2 Å². The molecule has 0 aromatic heterocycles. The lowest BCUT2D eigenvalue weighted by Crippen LogP contribution is -2.18. The van der Waals surface area contributed by atoms with Gasteiger partial charge in [0.2, 0.25) is 0 Å². The fourth-order valence-electron chi connectivity index (χ4n) is 4.90. The molecule has 0 bridgehead atoms. The van der Waals surface area contributed by atoms with E-state index in [-0.39, 0.29) is 12.4 Å². The number of ketones is 1. The van der Waals surface area contributed by atoms with E-state index in [1.807, 2.05) is 30.3 Å². The maximum Gasteiger partial charge on any atom is 0.200 e. The molecule has 8 nitrogen and oxygen atoms in total. The van der Waals surface area contributed by atoms with Gasteiger partial charge in [0.05, 0.1) is 48.8 Å². The van der Waals surface area contributed by atoms with Crippen molar-refractivity contribution >= 4 is 5.78 Å². The van der Waals surface area contributed by atoms with Crippen LogP contribution in [0.1, 0.15) is 21.5 Å². The maximum atomic E-state index is 12.8. The van der Waals surface area contributed by atoms with E-state index in [9.17, 15) is 4.79 Å². The maximum absolute atomic E-state index is 12.8. The van der Waals surface area contributed by atoms with E-state index in [1.165, 1.54) is 12.7 Å². The Morgan fingerprint density at radius 1 is 0.641 bits per heavy atom. The summed E-state index contributed by atoms with van der Waals surface area (Å²) in [6.45, 7) is 1.29. The van der Waals surface area contributed by atoms with Gasteiger partial charge in [-0.1, -0.05) is 12.1 Å². The molecule has 3 aromatic carbocycles. The third-order valence-corrected chi connectivity index (χ3v) is 7.07. The fraction of sp³-hybridized carbons (Fsp3) is 0.387. The number of rotatable bonds is 13. The Kier molecular flexibility index (Phi) is 9.54. The number of benzene rings is 3. The Morgan fingerprint density at radius 2 is 1.10 bits per heavy atom. The molecule has 0 N–H and O–H groups in total. The monoisotopic (exact) mass is 536 g/mol. The van der Waals surface area contributed by atoms with Crippen LogP contribution >= 0.6 is 0 Å². The summed E-state index contributed by atoms with van der Waals surface area (Å²) < 4.78 is 38.7. The van der Waals surface area contributed by atoms with Gasteiger partial charge in [-0.2, -0.15) is 0 Å². The number of hydrogen-bond donors (Lipinski definition) is 0. The van der Waals surface area contributed by atoms with Gasteiger partial charge in [0.15, 0.2) is 46.9 Å². The van der Waals surface area contributed by atoms with Crippen molar-refractivity contribution in [3.63, 3.8) is 0 Å². The summed E-state index contributed by atoms with van der Waals surface area (Å²) >= 11 is 0. The summed E-state index contributed by atoms with van der Waals surface area (Å²) in [5.41, 5.74) is 2.79. The SMILES string of the molecule is COc1ccc(C[C@H]2COC[C@@H]2Cc2ccc(OCC(=O)c3ccc(OC)c(OC)c3)c(OC)c2)cc1OC. The number of carbonyl (C=O) groups is 1. The number of hydrogen-bond acceptors (Lipinski definition) is 8. The summed E-state index contributed by atoms with van der Waals surface area (Å²) in [7, 11) is 7.97. The lowest BCUT2D eigenvalue weighted by molar-refractivity contribution is 0.0919. The molecule has 8 heteroatoms. The smallest absolute Gasteiger partial charge is 0.200 e. The van der Waals surface area contributed by atoms with E-state index in [0.717, 1.165) is 36.5 Å². The molecule has 1 heterocycles. The van der Waals surface area contributed by atoms with E-state index < -0.39 is 0 Å². The quantitative estimate of drug-likeness (QED) is 0.281. The van der Waals surface area contributed by atoms with E-state index in [2.05, 4.69) is 6.07 Å². The summed E-state index contributed by atoms with van der Waals surface area (Å²) in [5, 5.41) is 0. The zero-order valence-electron chi connectivity index (χ0n) is 23.2. The van der Waals surface area contributed by atoms with Crippen LogP contribution in [0.25, 0.3) is 0 Å². The molecular weight excluding hydrogens is 500 g/mol. The molecule has 0 aliphatic carbocycles. The van der Waals surface area contributed by atoms with Crippen molar-refractivity contribution in [2.24, 2.45) is 11.8 Å². The van der Waals surface area contributed by atoms with Crippen LogP contribution in [-0.2, 0) is 17.6 Å². The number of carbonyl (C=O) groups excluding carboxylic acids is 1. The molecule has 1 fully saturated rings. The van der Waals surface area contributed by atoms with Crippen molar-refractivity contribution in [2.75, 3.05) is 55.4 Å². The Labute approximate surface area is 229 Å². The first-order valence-electron chi connectivity index (χ1n) is 12.8. The number of methoxy groups -OCH3 is 5. The topological polar surface area (TPSA) is 81.7 Å². The van der Waals surface area contributed by atoms with Crippen LogP contribution in [0.2, 0.25) is 0 Å². The van der Waals surface area contributed by atoms with Crippen molar-refractivity contribution in [1.29, 1.82) is 0 Å². The Bertz CT molecular complexity index is 1270. The highest BCUT2D eigenvalue weighted by atomic mass is 16.5. The molecule has 1 aliphatic rings. The second kappa shape index (κ2) is 13.2. The minimum absolute atomic E-state index is 0.130. The largest absolute Gasteiger partial charge is 0.493 e. The molecule has 39 heavy (non-hydrogen) atoms. The van der Waals surface area contributed by atoms with Gasteiger partial charge < -0.3 is 33.2 Å². The molecule has 0 spiro atoms. The van der Waals surface area contributed by atoms with Crippen molar-refractivity contribution in [3.8, 4) is 34.5 Å². The van der Waals surface area contributed by atoms with Gasteiger partial charge in [0.25, 0.3) is 0 Å². The minimum Gasteiger partial charge on any atom is -0.493 e. The predicted octanol–water partition coefficient (Wildman–Crippen LogP) is 5.04. The molecule has 0 radical (unpaired) electrons. The van der Waals surface area contributed by atoms with Gasteiger partial charge in [0, 0.05) is 5.56 Å². The lowest BCUT2D eigenvalue weighted by atomic mass is 9.85. The van der Waals surface area contributed by atoms with Crippen molar-refractivity contribution < 1.29 is 38.0 Å². The molecule has 3 aromatic rings. The van der Waals surface area contributed by atoms with Gasteiger partial charge in [0.1, 0.15) is 0 Å².